The van der Waals surface area contributed by atoms with Crippen LogP contribution in [-0.2, 0) is 11.2 Å². The van der Waals surface area contributed by atoms with E-state index in [9.17, 15) is 9.59 Å². The van der Waals surface area contributed by atoms with Gasteiger partial charge in [-0.1, -0.05) is 42.5 Å². The van der Waals surface area contributed by atoms with Crippen LogP contribution < -0.4 is 4.90 Å². The Morgan fingerprint density at radius 3 is 2.53 bits per heavy atom. The second kappa shape index (κ2) is 4.35. The summed E-state index contributed by atoms with van der Waals surface area (Å²) in [5, 5.41) is 0. The standard InChI is InChI=1S/C16H13NO2/c1-17-14-9-13(8-7-12(14)10-15(17)18)16(19)11-5-3-2-4-6-11/h2-9H,10H2,1H3. The molecule has 3 heteroatoms. The second-order valence-electron chi connectivity index (χ2n) is 4.67. The molecule has 0 aliphatic carbocycles. The zero-order chi connectivity index (χ0) is 13.4. The van der Waals surface area contributed by atoms with Gasteiger partial charge in [0, 0.05) is 23.9 Å². The fraction of sp³-hybridized carbons (Fsp3) is 0.125. The van der Waals surface area contributed by atoms with Gasteiger partial charge >= 0.3 is 0 Å². The number of carbonyl (C=O) groups is 2. The van der Waals surface area contributed by atoms with Crippen molar-refractivity contribution in [2.24, 2.45) is 0 Å². The summed E-state index contributed by atoms with van der Waals surface area (Å²) < 4.78 is 0. The molecule has 94 valence electrons. The maximum absolute atomic E-state index is 12.3. The molecule has 1 aliphatic rings. The number of likely N-dealkylation sites (N-methyl/N-ethyl adjacent to an activating group) is 1. The van der Waals surface area contributed by atoms with Crippen molar-refractivity contribution >= 4 is 17.4 Å². The lowest BCUT2D eigenvalue weighted by molar-refractivity contribution is -0.117. The van der Waals surface area contributed by atoms with E-state index in [-0.39, 0.29) is 11.7 Å². The highest BCUT2D eigenvalue weighted by Gasteiger charge is 2.24. The first-order chi connectivity index (χ1) is 9.16. The molecule has 0 aromatic heterocycles. The molecule has 0 saturated carbocycles. The lowest BCUT2D eigenvalue weighted by Crippen LogP contribution is -2.20. The Morgan fingerprint density at radius 1 is 1.05 bits per heavy atom. The van der Waals surface area contributed by atoms with Crippen molar-refractivity contribution in [2.45, 2.75) is 6.42 Å². The summed E-state index contributed by atoms with van der Waals surface area (Å²) in [4.78, 5) is 25.6. The van der Waals surface area contributed by atoms with Gasteiger partial charge in [-0.05, 0) is 11.6 Å². The fourth-order valence-corrected chi connectivity index (χ4v) is 2.34. The molecule has 1 amide bonds. The summed E-state index contributed by atoms with van der Waals surface area (Å²) in [6, 6.07) is 14.6. The fourth-order valence-electron chi connectivity index (χ4n) is 2.34. The molecule has 0 fully saturated rings. The van der Waals surface area contributed by atoms with Crippen LogP contribution in [0.25, 0.3) is 0 Å². The quantitative estimate of drug-likeness (QED) is 0.769. The van der Waals surface area contributed by atoms with Crippen LogP contribution in [0.15, 0.2) is 48.5 Å². The summed E-state index contributed by atoms with van der Waals surface area (Å²) in [5.74, 6) is 0.0514. The Kier molecular flexibility index (Phi) is 2.67. The second-order valence-corrected chi connectivity index (χ2v) is 4.67. The summed E-state index contributed by atoms with van der Waals surface area (Å²) in [7, 11) is 1.74. The smallest absolute Gasteiger partial charge is 0.231 e. The highest BCUT2D eigenvalue weighted by molar-refractivity contribution is 6.11. The number of hydrogen-bond acceptors (Lipinski definition) is 2. The molecule has 0 atom stereocenters. The van der Waals surface area contributed by atoms with Gasteiger partial charge in [-0.2, -0.15) is 0 Å². The molecule has 0 spiro atoms. The van der Waals surface area contributed by atoms with Crippen molar-refractivity contribution in [3.05, 3.63) is 65.2 Å². The van der Waals surface area contributed by atoms with Crippen molar-refractivity contribution in [3.63, 3.8) is 0 Å². The summed E-state index contributed by atoms with van der Waals surface area (Å²) >= 11 is 0. The Hall–Kier alpha value is -2.42. The van der Waals surface area contributed by atoms with Crippen molar-refractivity contribution in [1.29, 1.82) is 0 Å². The van der Waals surface area contributed by atoms with Gasteiger partial charge < -0.3 is 4.90 Å². The average molecular weight is 251 g/mol. The molecular formula is C16H13NO2. The highest BCUT2D eigenvalue weighted by Crippen LogP contribution is 2.29. The molecule has 2 aromatic rings. The molecule has 0 bridgehead atoms. The molecular weight excluding hydrogens is 238 g/mol. The number of hydrogen-bond donors (Lipinski definition) is 0. The Morgan fingerprint density at radius 2 is 1.79 bits per heavy atom. The molecule has 2 aromatic carbocycles. The van der Waals surface area contributed by atoms with Crippen LogP contribution in [0.4, 0.5) is 5.69 Å². The van der Waals surface area contributed by atoms with Crippen LogP contribution in [0, 0.1) is 0 Å². The van der Waals surface area contributed by atoms with E-state index in [1.165, 1.54) is 0 Å². The number of fused-ring (bicyclic) bond motifs is 1. The van der Waals surface area contributed by atoms with Crippen LogP contribution in [0.1, 0.15) is 21.5 Å². The van der Waals surface area contributed by atoms with E-state index in [4.69, 9.17) is 0 Å². The lowest BCUT2D eigenvalue weighted by atomic mass is 10.0. The number of ketones is 1. The Labute approximate surface area is 111 Å². The minimum Gasteiger partial charge on any atom is -0.315 e. The molecule has 3 nitrogen and oxygen atoms in total. The summed E-state index contributed by atoms with van der Waals surface area (Å²) in [6.07, 6.45) is 0.422. The van der Waals surface area contributed by atoms with Crippen LogP contribution in [0.3, 0.4) is 0 Å². The highest BCUT2D eigenvalue weighted by atomic mass is 16.2. The predicted molar refractivity (Wildman–Crippen MR) is 73.4 cm³/mol. The maximum Gasteiger partial charge on any atom is 0.231 e. The molecule has 0 radical (unpaired) electrons. The van der Waals surface area contributed by atoms with Crippen molar-refractivity contribution in [3.8, 4) is 0 Å². The van der Waals surface area contributed by atoms with E-state index < -0.39 is 0 Å². The molecule has 1 heterocycles. The van der Waals surface area contributed by atoms with Crippen molar-refractivity contribution in [1.82, 2.24) is 0 Å². The third kappa shape index (κ3) is 1.93. The van der Waals surface area contributed by atoms with E-state index in [0.29, 0.717) is 17.5 Å². The molecule has 0 saturated heterocycles. The van der Waals surface area contributed by atoms with Gasteiger partial charge in [-0.3, -0.25) is 9.59 Å². The first-order valence-corrected chi connectivity index (χ1v) is 6.16. The van der Waals surface area contributed by atoms with Gasteiger partial charge in [0.05, 0.1) is 6.42 Å². The van der Waals surface area contributed by atoms with Gasteiger partial charge in [0.1, 0.15) is 0 Å². The number of carbonyl (C=O) groups excluding carboxylic acids is 2. The van der Waals surface area contributed by atoms with E-state index in [1.807, 2.05) is 24.3 Å². The normalized spacial score (nSPS) is 13.5. The van der Waals surface area contributed by atoms with Crippen LogP contribution in [0.5, 0.6) is 0 Å². The predicted octanol–water partition coefficient (Wildman–Crippen LogP) is 2.44. The first-order valence-electron chi connectivity index (χ1n) is 6.16. The third-order valence-corrected chi connectivity index (χ3v) is 3.46. The van der Waals surface area contributed by atoms with Gasteiger partial charge in [-0.25, -0.2) is 0 Å². The largest absolute Gasteiger partial charge is 0.315 e. The zero-order valence-electron chi connectivity index (χ0n) is 10.6. The summed E-state index contributed by atoms with van der Waals surface area (Å²) in [5.41, 5.74) is 3.10. The number of benzene rings is 2. The zero-order valence-corrected chi connectivity index (χ0v) is 10.6. The number of rotatable bonds is 2. The van der Waals surface area contributed by atoms with Crippen LogP contribution in [0.2, 0.25) is 0 Å². The van der Waals surface area contributed by atoms with E-state index in [2.05, 4.69) is 0 Å². The molecule has 19 heavy (non-hydrogen) atoms. The summed E-state index contributed by atoms with van der Waals surface area (Å²) in [6.45, 7) is 0. The van der Waals surface area contributed by atoms with Gasteiger partial charge in [-0.15, -0.1) is 0 Å². The topological polar surface area (TPSA) is 37.4 Å². The minimum atomic E-state index is -0.0175. The average Bonchev–Trinajstić information content (AvgIpc) is 2.74. The van der Waals surface area contributed by atoms with E-state index >= 15 is 0 Å². The third-order valence-electron chi connectivity index (χ3n) is 3.46. The van der Waals surface area contributed by atoms with Crippen molar-refractivity contribution < 1.29 is 9.59 Å². The maximum atomic E-state index is 12.3. The number of anilines is 1. The SMILES string of the molecule is CN1C(=O)Cc2ccc(C(=O)c3ccccc3)cc21. The van der Waals surface area contributed by atoms with Gasteiger partial charge in [0.2, 0.25) is 5.91 Å². The monoisotopic (exact) mass is 251 g/mol. The van der Waals surface area contributed by atoms with Gasteiger partial charge in [0.25, 0.3) is 0 Å². The van der Waals surface area contributed by atoms with E-state index in [0.717, 1.165) is 11.3 Å². The van der Waals surface area contributed by atoms with Crippen molar-refractivity contribution in [2.75, 3.05) is 11.9 Å². The molecule has 3 rings (SSSR count). The Bertz CT molecular complexity index is 662. The lowest BCUT2D eigenvalue weighted by Gasteiger charge is -2.11. The Balaban J connectivity index is 2.00. The first kappa shape index (κ1) is 11.7. The van der Waals surface area contributed by atoms with Gasteiger partial charge in [0.15, 0.2) is 5.78 Å². The molecule has 0 unspecified atom stereocenters. The van der Waals surface area contributed by atoms with Crippen LogP contribution >= 0.6 is 0 Å². The minimum absolute atomic E-state index is 0.0175. The van der Waals surface area contributed by atoms with E-state index in [1.54, 1.807) is 36.2 Å². The molecule has 0 N–H and O–H groups in total. The number of nitrogens with zero attached hydrogens (tertiary/aromatic N) is 1. The number of amides is 1. The van der Waals surface area contributed by atoms with Crippen LogP contribution in [-0.4, -0.2) is 18.7 Å². The molecule has 1 aliphatic heterocycles.